The summed E-state index contributed by atoms with van der Waals surface area (Å²) < 4.78 is 0. The van der Waals surface area contributed by atoms with E-state index < -0.39 is 0 Å². The highest BCUT2D eigenvalue weighted by Crippen LogP contribution is 2.27. The van der Waals surface area contributed by atoms with Crippen molar-refractivity contribution < 1.29 is 9.90 Å². The van der Waals surface area contributed by atoms with Crippen LogP contribution in [0.2, 0.25) is 0 Å². The van der Waals surface area contributed by atoms with Gasteiger partial charge in [0.05, 0.1) is 0 Å². The fourth-order valence-electron chi connectivity index (χ4n) is 2.68. The summed E-state index contributed by atoms with van der Waals surface area (Å²) in [5.74, 6) is 6.23. The van der Waals surface area contributed by atoms with Gasteiger partial charge in [-0.2, -0.15) is 0 Å². The van der Waals surface area contributed by atoms with E-state index in [-0.39, 0.29) is 12.5 Å². The highest BCUT2D eigenvalue weighted by Gasteiger charge is 2.22. The highest BCUT2D eigenvalue weighted by molar-refractivity contribution is 7.12. The number of carbonyl (C=O) groups is 1. The van der Waals surface area contributed by atoms with Crippen LogP contribution in [0, 0.1) is 17.8 Å². The lowest BCUT2D eigenvalue weighted by Gasteiger charge is -2.28. The molecule has 0 aliphatic heterocycles. The second kappa shape index (κ2) is 7.47. The predicted molar refractivity (Wildman–Crippen MR) is 81.8 cm³/mol. The molecule has 1 aliphatic rings. The van der Waals surface area contributed by atoms with Gasteiger partial charge >= 0.3 is 0 Å². The zero-order valence-electron chi connectivity index (χ0n) is 11.8. The van der Waals surface area contributed by atoms with Gasteiger partial charge in [-0.25, -0.2) is 0 Å². The number of amides is 1. The number of aliphatic hydroxyl groups excluding tert-OH is 1. The first-order valence-corrected chi connectivity index (χ1v) is 8.10. The van der Waals surface area contributed by atoms with E-state index >= 15 is 0 Å². The minimum absolute atomic E-state index is 0.0258. The van der Waals surface area contributed by atoms with Crippen LogP contribution in [0.1, 0.15) is 54.3 Å². The van der Waals surface area contributed by atoms with Gasteiger partial charge in [-0.05, 0) is 43.0 Å². The van der Waals surface area contributed by atoms with E-state index in [0.29, 0.717) is 16.5 Å². The van der Waals surface area contributed by atoms with Gasteiger partial charge < -0.3 is 10.4 Å². The van der Waals surface area contributed by atoms with Crippen molar-refractivity contribution in [3.05, 3.63) is 21.9 Å². The van der Waals surface area contributed by atoms with Crippen molar-refractivity contribution in [1.82, 2.24) is 5.32 Å². The number of aliphatic hydroxyl groups is 1. The largest absolute Gasteiger partial charge is 0.384 e. The van der Waals surface area contributed by atoms with Gasteiger partial charge in [-0.3, -0.25) is 4.79 Å². The topological polar surface area (TPSA) is 49.3 Å². The van der Waals surface area contributed by atoms with Crippen LogP contribution in [0.15, 0.2) is 11.4 Å². The van der Waals surface area contributed by atoms with E-state index in [4.69, 9.17) is 5.11 Å². The van der Waals surface area contributed by atoms with E-state index in [9.17, 15) is 4.79 Å². The summed E-state index contributed by atoms with van der Waals surface area (Å²) in [6, 6.07) is 2.13. The Bertz CT molecular complexity index is 504. The molecular weight excluding hydrogens is 270 g/mol. The summed E-state index contributed by atoms with van der Waals surface area (Å²) >= 11 is 1.41. The zero-order chi connectivity index (χ0) is 14.4. The minimum atomic E-state index is -0.183. The summed E-state index contributed by atoms with van der Waals surface area (Å²) in [4.78, 5) is 12.9. The fraction of sp³-hybridized carbons (Fsp3) is 0.562. The molecule has 1 aliphatic carbocycles. The van der Waals surface area contributed by atoms with Gasteiger partial charge in [-0.15, -0.1) is 11.3 Å². The van der Waals surface area contributed by atoms with Crippen LogP contribution >= 0.6 is 11.3 Å². The third kappa shape index (κ3) is 3.84. The fourth-order valence-corrected chi connectivity index (χ4v) is 3.44. The second-order valence-electron chi connectivity index (χ2n) is 5.22. The van der Waals surface area contributed by atoms with E-state index in [0.717, 1.165) is 18.8 Å². The molecule has 4 heteroatoms. The van der Waals surface area contributed by atoms with Crippen LogP contribution in [-0.4, -0.2) is 23.7 Å². The Kier molecular flexibility index (Phi) is 5.63. The van der Waals surface area contributed by atoms with Crippen LogP contribution in [0.3, 0.4) is 0 Å². The van der Waals surface area contributed by atoms with Gasteiger partial charge in [0.25, 0.3) is 5.91 Å². The predicted octanol–water partition coefficient (Wildman–Crippen LogP) is 2.79. The Morgan fingerprint density at radius 1 is 1.45 bits per heavy atom. The zero-order valence-corrected chi connectivity index (χ0v) is 12.6. The van der Waals surface area contributed by atoms with Crippen LogP contribution < -0.4 is 5.32 Å². The van der Waals surface area contributed by atoms with Gasteiger partial charge in [0.1, 0.15) is 11.5 Å². The van der Waals surface area contributed by atoms with Crippen molar-refractivity contribution in [1.29, 1.82) is 0 Å². The monoisotopic (exact) mass is 291 g/mol. The molecule has 0 bridgehead atoms. The summed E-state index contributed by atoms with van der Waals surface area (Å²) in [5.41, 5.74) is 0.712. The van der Waals surface area contributed by atoms with Crippen LogP contribution in [0.4, 0.5) is 0 Å². The molecule has 2 N–H and O–H groups in total. The molecule has 2 rings (SSSR count). The van der Waals surface area contributed by atoms with Crippen molar-refractivity contribution in [2.24, 2.45) is 5.92 Å². The second-order valence-corrected chi connectivity index (χ2v) is 6.14. The number of rotatable bonds is 3. The SMILES string of the molecule is CCC1CCC(NC(=O)c2sccc2C#CCO)CC1. The molecule has 1 fully saturated rings. The third-order valence-electron chi connectivity index (χ3n) is 3.93. The lowest BCUT2D eigenvalue weighted by Crippen LogP contribution is -2.37. The van der Waals surface area contributed by atoms with E-state index in [2.05, 4.69) is 24.1 Å². The summed E-state index contributed by atoms with van der Waals surface area (Å²) in [7, 11) is 0. The maximum absolute atomic E-state index is 12.3. The van der Waals surface area contributed by atoms with E-state index in [1.165, 1.54) is 30.6 Å². The minimum Gasteiger partial charge on any atom is -0.384 e. The lowest BCUT2D eigenvalue weighted by atomic mass is 9.84. The molecule has 0 radical (unpaired) electrons. The molecule has 1 aromatic rings. The summed E-state index contributed by atoms with van der Waals surface area (Å²) in [6.45, 7) is 2.05. The molecular formula is C16H21NO2S. The number of thiophene rings is 1. The average molecular weight is 291 g/mol. The van der Waals surface area contributed by atoms with Crippen molar-refractivity contribution in [3.63, 3.8) is 0 Å². The van der Waals surface area contributed by atoms with Crippen LogP contribution in [0.25, 0.3) is 0 Å². The first-order valence-electron chi connectivity index (χ1n) is 7.22. The van der Waals surface area contributed by atoms with E-state index in [1.54, 1.807) is 0 Å². The molecule has 0 aromatic carbocycles. The van der Waals surface area contributed by atoms with Gasteiger partial charge in [0.2, 0.25) is 0 Å². The molecule has 0 atom stereocenters. The Morgan fingerprint density at radius 3 is 2.85 bits per heavy atom. The molecule has 0 unspecified atom stereocenters. The van der Waals surface area contributed by atoms with Gasteiger partial charge in [-0.1, -0.05) is 25.2 Å². The molecule has 0 saturated heterocycles. The molecule has 1 amide bonds. The van der Waals surface area contributed by atoms with Crippen molar-refractivity contribution in [3.8, 4) is 11.8 Å². The van der Waals surface area contributed by atoms with E-state index in [1.807, 2.05) is 11.4 Å². The number of hydrogen-bond acceptors (Lipinski definition) is 3. The quantitative estimate of drug-likeness (QED) is 0.841. The molecule has 0 spiro atoms. The number of nitrogens with one attached hydrogen (secondary N) is 1. The lowest BCUT2D eigenvalue weighted by molar-refractivity contribution is 0.0925. The Balaban J connectivity index is 1.94. The Labute approximate surface area is 124 Å². The number of hydrogen-bond donors (Lipinski definition) is 2. The van der Waals surface area contributed by atoms with Gasteiger partial charge in [0, 0.05) is 11.6 Å². The third-order valence-corrected chi connectivity index (χ3v) is 4.85. The van der Waals surface area contributed by atoms with Crippen LogP contribution in [-0.2, 0) is 0 Å². The normalized spacial score (nSPS) is 21.9. The average Bonchev–Trinajstić information content (AvgIpc) is 2.94. The maximum atomic E-state index is 12.3. The first-order chi connectivity index (χ1) is 9.74. The van der Waals surface area contributed by atoms with Crippen molar-refractivity contribution in [2.45, 2.75) is 45.1 Å². The van der Waals surface area contributed by atoms with Crippen molar-refractivity contribution in [2.75, 3.05) is 6.61 Å². The maximum Gasteiger partial charge on any atom is 0.262 e. The van der Waals surface area contributed by atoms with Crippen LogP contribution in [0.5, 0.6) is 0 Å². The Hall–Kier alpha value is -1.31. The first kappa shape index (κ1) is 15.1. The molecule has 1 saturated carbocycles. The molecule has 1 aromatic heterocycles. The van der Waals surface area contributed by atoms with Crippen molar-refractivity contribution >= 4 is 17.2 Å². The van der Waals surface area contributed by atoms with Gasteiger partial charge in [0.15, 0.2) is 0 Å². The standard InChI is InChI=1S/C16H21NO2S/c1-2-12-5-7-14(8-6-12)17-16(19)15-13(4-3-10-18)9-11-20-15/h9,11-12,14,18H,2,5-8,10H2,1H3,(H,17,19). The number of carbonyl (C=O) groups excluding carboxylic acids is 1. The molecule has 20 heavy (non-hydrogen) atoms. The molecule has 108 valence electrons. The summed E-state index contributed by atoms with van der Waals surface area (Å²) in [5, 5.41) is 13.7. The Morgan fingerprint density at radius 2 is 2.20 bits per heavy atom. The molecule has 3 nitrogen and oxygen atoms in total. The smallest absolute Gasteiger partial charge is 0.262 e. The molecule has 1 heterocycles. The highest BCUT2D eigenvalue weighted by atomic mass is 32.1. The summed E-state index contributed by atoms with van der Waals surface area (Å²) in [6.07, 6.45) is 5.82.